The molecule has 0 bridgehead atoms. The standard InChI is InChI=1S/C15H16N2O2/c1-3-9-17-13(14(18)16-4-2)10-11-7-5-6-8-12(11)15(17)19/h3,5-8,10H,1,4,9H2,2H3,(H,16,18). The fourth-order valence-corrected chi connectivity index (χ4v) is 2.05. The van der Waals surface area contributed by atoms with E-state index in [-0.39, 0.29) is 11.5 Å². The van der Waals surface area contributed by atoms with Gasteiger partial charge in [-0.1, -0.05) is 24.3 Å². The first-order valence-corrected chi connectivity index (χ1v) is 6.20. The lowest BCUT2D eigenvalue weighted by Crippen LogP contribution is -2.32. The molecule has 1 aromatic heterocycles. The summed E-state index contributed by atoms with van der Waals surface area (Å²) < 4.78 is 1.44. The number of fused-ring (bicyclic) bond motifs is 1. The molecule has 1 amide bonds. The van der Waals surface area contributed by atoms with Crippen LogP contribution in [0.1, 0.15) is 17.4 Å². The zero-order valence-electron chi connectivity index (χ0n) is 10.8. The lowest BCUT2D eigenvalue weighted by Gasteiger charge is -2.12. The molecule has 0 saturated heterocycles. The Morgan fingerprint density at radius 1 is 1.42 bits per heavy atom. The van der Waals surface area contributed by atoms with Crippen LogP contribution in [0.3, 0.4) is 0 Å². The number of benzene rings is 1. The summed E-state index contributed by atoms with van der Waals surface area (Å²) in [4.78, 5) is 24.4. The molecule has 4 heteroatoms. The summed E-state index contributed by atoms with van der Waals surface area (Å²) in [6.07, 6.45) is 1.61. The molecular weight excluding hydrogens is 240 g/mol. The number of carbonyl (C=O) groups excluding carboxylic acids is 1. The van der Waals surface area contributed by atoms with Crippen molar-refractivity contribution >= 4 is 16.7 Å². The van der Waals surface area contributed by atoms with Crippen LogP contribution in [0.25, 0.3) is 10.8 Å². The SMILES string of the molecule is C=CCn1c(C(=O)NCC)cc2ccccc2c1=O. The largest absolute Gasteiger partial charge is 0.351 e. The molecule has 0 saturated carbocycles. The van der Waals surface area contributed by atoms with Crippen LogP contribution in [-0.2, 0) is 6.54 Å². The number of amides is 1. The zero-order chi connectivity index (χ0) is 13.8. The van der Waals surface area contributed by atoms with Crippen molar-refractivity contribution in [2.75, 3.05) is 6.54 Å². The fraction of sp³-hybridized carbons (Fsp3) is 0.200. The van der Waals surface area contributed by atoms with Gasteiger partial charge in [-0.05, 0) is 24.4 Å². The van der Waals surface area contributed by atoms with Gasteiger partial charge in [0, 0.05) is 18.5 Å². The molecule has 4 nitrogen and oxygen atoms in total. The molecule has 0 aliphatic carbocycles. The maximum Gasteiger partial charge on any atom is 0.268 e. The molecule has 2 aromatic rings. The van der Waals surface area contributed by atoms with Crippen LogP contribution in [-0.4, -0.2) is 17.0 Å². The summed E-state index contributed by atoms with van der Waals surface area (Å²) in [7, 11) is 0. The van der Waals surface area contributed by atoms with Crippen molar-refractivity contribution in [2.45, 2.75) is 13.5 Å². The van der Waals surface area contributed by atoms with Crippen molar-refractivity contribution in [2.24, 2.45) is 0 Å². The Labute approximate surface area is 111 Å². The second kappa shape index (κ2) is 5.52. The van der Waals surface area contributed by atoms with Crippen LogP contribution in [0, 0.1) is 0 Å². The number of carbonyl (C=O) groups is 1. The van der Waals surface area contributed by atoms with Crippen LogP contribution in [0.5, 0.6) is 0 Å². The van der Waals surface area contributed by atoms with Crippen LogP contribution >= 0.6 is 0 Å². The van der Waals surface area contributed by atoms with Crippen molar-refractivity contribution in [3.8, 4) is 0 Å². The number of nitrogens with one attached hydrogen (secondary N) is 1. The van der Waals surface area contributed by atoms with Gasteiger partial charge in [0.05, 0.1) is 0 Å². The highest BCUT2D eigenvalue weighted by atomic mass is 16.2. The van der Waals surface area contributed by atoms with Crippen LogP contribution < -0.4 is 10.9 Å². The van der Waals surface area contributed by atoms with Crippen LogP contribution in [0.15, 0.2) is 47.8 Å². The van der Waals surface area contributed by atoms with Crippen molar-refractivity contribution in [1.29, 1.82) is 0 Å². The number of aromatic nitrogens is 1. The van der Waals surface area contributed by atoms with Crippen LogP contribution in [0.4, 0.5) is 0 Å². The van der Waals surface area contributed by atoms with Gasteiger partial charge in [0.1, 0.15) is 5.69 Å². The Hall–Kier alpha value is -2.36. The zero-order valence-corrected chi connectivity index (χ0v) is 10.8. The quantitative estimate of drug-likeness (QED) is 0.850. The molecule has 0 aliphatic rings. The molecule has 2 rings (SSSR count). The number of nitrogens with zero attached hydrogens (tertiary/aromatic N) is 1. The maximum atomic E-state index is 12.4. The molecular formula is C15H16N2O2. The molecule has 1 N–H and O–H groups in total. The lowest BCUT2D eigenvalue weighted by molar-refractivity contribution is 0.0946. The number of allylic oxidation sites excluding steroid dienone is 1. The third-order valence-corrected chi connectivity index (χ3v) is 2.90. The smallest absolute Gasteiger partial charge is 0.268 e. The van der Waals surface area contributed by atoms with E-state index < -0.39 is 0 Å². The average molecular weight is 256 g/mol. The van der Waals surface area contributed by atoms with E-state index in [0.29, 0.717) is 24.2 Å². The van der Waals surface area contributed by atoms with Gasteiger partial charge in [-0.3, -0.25) is 14.2 Å². The average Bonchev–Trinajstić information content (AvgIpc) is 2.42. The third-order valence-electron chi connectivity index (χ3n) is 2.90. The van der Waals surface area contributed by atoms with E-state index in [1.165, 1.54) is 4.57 Å². The van der Waals surface area contributed by atoms with E-state index in [0.717, 1.165) is 5.39 Å². The molecule has 0 unspecified atom stereocenters. The highest BCUT2D eigenvalue weighted by Gasteiger charge is 2.13. The Balaban J connectivity index is 2.73. The number of rotatable bonds is 4. The van der Waals surface area contributed by atoms with E-state index in [2.05, 4.69) is 11.9 Å². The number of pyridine rings is 1. The van der Waals surface area contributed by atoms with Gasteiger partial charge < -0.3 is 5.32 Å². The van der Waals surface area contributed by atoms with Crippen molar-refractivity contribution in [3.63, 3.8) is 0 Å². The van der Waals surface area contributed by atoms with Crippen molar-refractivity contribution in [3.05, 3.63) is 59.0 Å². The number of hydrogen-bond acceptors (Lipinski definition) is 2. The Bertz CT molecular complexity index is 686. The highest BCUT2D eigenvalue weighted by molar-refractivity contribution is 5.96. The summed E-state index contributed by atoms with van der Waals surface area (Å²) in [5.41, 5.74) is 0.199. The molecule has 0 fully saturated rings. The van der Waals surface area contributed by atoms with E-state index in [9.17, 15) is 9.59 Å². The molecule has 0 spiro atoms. The first-order valence-electron chi connectivity index (χ1n) is 6.20. The molecule has 0 radical (unpaired) electrons. The first kappa shape index (κ1) is 13.1. The summed E-state index contributed by atoms with van der Waals surface area (Å²) in [6.45, 7) is 6.31. The lowest BCUT2D eigenvalue weighted by atomic mass is 10.1. The van der Waals surface area contributed by atoms with Gasteiger partial charge in [-0.2, -0.15) is 0 Å². The van der Waals surface area contributed by atoms with E-state index in [1.54, 1.807) is 18.2 Å². The van der Waals surface area contributed by atoms with Gasteiger partial charge in [0.25, 0.3) is 11.5 Å². The third kappa shape index (κ3) is 2.42. The minimum absolute atomic E-state index is 0.167. The molecule has 19 heavy (non-hydrogen) atoms. The summed E-state index contributed by atoms with van der Waals surface area (Å²) in [5, 5.41) is 4.10. The molecule has 98 valence electrons. The molecule has 1 aromatic carbocycles. The molecule has 0 aliphatic heterocycles. The summed E-state index contributed by atoms with van der Waals surface area (Å²) in [6, 6.07) is 9.00. The van der Waals surface area contributed by atoms with Gasteiger partial charge in [-0.15, -0.1) is 6.58 Å². The molecule has 1 heterocycles. The Morgan fingerprint density at radius 2 is 2.16 bits per heavy atom. The summed E-state index contributed by atoms with van der Waals surface area (Å²) in [5.74, 6) is -0.243. The Kier molecular flexibility index (Phi) is 3.80. The summed E-state index contributed by atoms with van der Waals surface area (Å²) >= 11 is 0. The highest BCUT2D eigenvalue weighted by Crippen LogP contribution is 2.12. The van der Waals surface area contributed by atoms with Crippen molar-refractivity contribution in [1.82, 2.24) is 9.88 Å². The maximum absolute atomic E-state index is 12.4. The Morgan fingerprint density at radius 3 is 2.84 bits per heavy atom. The first-order chi connectivity index (χ1) is 9.19. The second-order valence-corrected chi connectivity index (χ2v) is 4.18. The van der Waals surface area contributed by atoms with Crippen LogP contribution in [0.2, 0.25) is 0 Å². The normalized spacial score (nSPS) is 10.4. The predicted octanol–water partition coefficient (Wildman–Crippen LogP) is 1.94. The monoisotopic (exact) mass is 256 g/mol. The second-order valence-electron chi connectivity index (χ2n) is 4.18. The minimum atomic E-state index is -0.243. The van der Waals surface area contributed by atoms with E-state index in [4.69, 9.17) is 0 Å². The van der Waals surface area contributed by atoms with Crippen molar-refractivity contribution < 1.29 is 4.79 Å². The van der Waals surface area contributed by atoms with Gasteiger partial charge in [0.15, 0.2) is 0 Å². The predicted molar refractivity (Wildman–Crippen MR) is 76.4 cm³/mol. The minimum Gasteiger partial charge on any atom is -0.351 e. The van der Waals surface area contributed by atoms with E-state index in [1.807, 2.05) is 25.1 Å². The topological polar surface area (TPSA) is 51.1 Å². The molecule has 0 atom stereocenters. The fourth-order valence-electron chi connectivity index (χ4n) is 2.05. The van der Waals surface area contributed by atoms with Gasteiger partial charge in [-0.25, -0.2) is 0 Å². The van der Waals surface area contributed by atoms with Gasteiger partial charge >= 0.3 is 0 Å². The number of hydrogen-bond donors (Lipinski definition) is 1. The van der Waals surface area contributed by atoms with Gasteiger partial charge in [0.2, 0.25) is 0 Å². The van der Waals surface area contributed by atoms with E-state index >= 15 is 0 Å².